The molecule has 0 fully saturated rings. The Morgan fingerprint density at radius 1 is 1.31 bits per heavy atom. The Hall–Kier alpha value is -3.41. The summed E-state index contributed by atoms with van der Waals surface area (Å²) in [4.78, 5) is 22.9. The molecular formula is C20H18ClN3O5. The summed E-state index contributed by atoms with van der Waals surface area (Å²) in [6.07, 6.45) is 1.87. The van der Waals surface area contributed by atoms with E-state index in [1.54, 1.807) is 37.4 Å². The Morgan fingerprint density at radius 2 is 2.07 bits per heavy atom. The van der Waals surface area contributed by atoms with Gasteiger partial charge in [0.1, 0.15) is 17.4 Å². The molecule has 0 aliphatic heterocycles. The number of nitrogens with zero attached hydrogens (tertiary/aromatic N) is 2. The van der Waals surface area contributed by atoms with Crippen molar-refractivity contribution in [2.45, 2.75) is 6.42 Å². The number of methoxy groups -OCH3 is 1. The number of hydrogen-bond acceptors (Lipinski definition) is 6. The van der Waals surface area contributed by atoms with Crippen molar-refractivity contribution in [3.8, 4) is 17.6 Å². The van der Waals surface area contributed by atoms with Crippen molar-refractivity contribution < 1.29 is 19.2 Å². The summed E-state index contributed by atoms with van der Waals surface area (Å²) >= 11 is 6.03. The number of nitro groups is 1. The second kappa shape index (κ2) is 10.8. The predicted molar refractivity (Wildman–Crippen MR) is 108 cm³/mol. The van der Waals surface area contributed by atoms with Gasteiger partial charge in [0.15, 0.2) is 0 Å². The van der Waals surface area contributed by atoms with E-state index in [0.29, 0.717) is 30.2 Å². The molecule has 0 saturated heterocycles. The quantitative estimate of drug-likeness (QED) is 0.217. The maximum atomic E-state index is 12.1. The lowest BCUT2D eigenvalue weighted by Gasteiger charge is -2.08. The highest BCUT2D eigenvalue weighted by atomic mass is 35.5. The third-order valence-corrected chi connectivity index (χ3v) is 4.04. The first-order chi connectivity index (χ1) is 14.0. The summed E-state index contributed by atoms with van der Waals surface area (Å²) in [7, 11) is 1.55. The monoisotopic (exact) mass is 415 g/mol. The molecule has 1 amide bonds. The number of carbonyl (C=O) groups is 1. The molecule has 0 atom stereocenters. The standard InChI is InChI=1S/C20H18ClN3O5/c1-28-10-4-9-23-20(25)15(13-22)11-14-7-8-19(17(12-14)24(26)27)29-18-6-3-2-5-16(18)21/h2-3,5-8,11-12H,4,9-10H2,1H3,(H,23,25)/b15-11-. The van der Waals surface area contributed by atoms with Gasteiger partial charge in [0.05, 0.1) is 9.95 Å². The van der Waals surface area contributed by atoms with Crippen LogP contribution in [0.15, 0.2) is 48.0 Å². The van der Waals surface area contributed by atoms with Crippen LogP contribution in [-0.2, 0) is 9.53 Å². The van der Waals surface area contributed by atoms with Crippen molar-refractivity contribution in [3.05, 3.63) is 68.7 Å². The average Bonchev–Trinajstić information content (AvgIpc) is 2.71. The number of benzene rings is 2. The van der Waals surface area contributed by atoms with E-state index < -0.39 is 10.8 Å². The average molecular weight is 416 g/mol. The van der Waals surface area contributed by atoms with Crippen LogP contribution in [-0.4, -0.2) is 31.1 Å². The lowest BCUT2D eigenvalue weighted by atomic mass is 10.1. The molecule has 2 aromatic rings. The van der Waals surface area contributed by atoms with E-state index >= 15 is 0 Å². The van der Waals surface area contributed by atoms with Crippen LogP contribution in [0.5, 0.6) is 11.5 Å². The third kappa shape index (κ3) is 6.31. The first-order valence-corrected chi connectivity index (χ1v) is 8.93. The van der Waals surface area contributed by atoms with Gasteiger partial charge in [-0.3, -0.25) is 14.9 Å². The maximum absolute atomic E-state index is 12.1. The van der Waals surface area contributed by atoms with Gasteiger partial charge in [-0.2, -0.15) is 5.26 Å². The van der Waals surface area contributed by atoms with Crippen molar-refractivity contribution in [2.24, 2.45) is 0 Å². The summed E-state index contributed by atoms with van der Waals surface area (Å²) in [5, 5.41) is 23.6. The largest absolute Gasteiger partial charge is 0.449 e. The van der Waals surface area contributed by atoms with E-state index in [2.05, 4.69) is 5.32 Å². The second-order valence-corrected chi connectivity index (χ2v) is 6.20. The van der Waals surface area contributed by atoms with E-state index in [-0.39, 0.29) is 22.8 Å². The Bertz CT molecular complexity index is 969. The van der Waals surface area contributed by atoms with Crippen LogP contribution in [0, 0.1) is 21.4 Å². The number of ether oxygens (including phenoxy) is 2. The molecule has 2 rings (SSSR count). The Kier molecular flexibility index (Phi) is 8.15. The van der Waals surface area contributed by atoms with Crippen LogP contribution in [0.1, 0.15) is 12.0 Å². The van der Waals surface area contributed by atoms with Gasteiger partial charge in [0.25, 0.3) is 5.91 Å². The van der Waals surface area contributed by atoms with Crippen LogP contribution in [0.2, 0.25) is 5.02 Å². The fourth-order valence-corrected chi connectivity index (χ4v) is 2.50. The molecule has 0 saturated carbocycles. The Balaban J connectivity index is 2.25. The first-order valence-electron chi connectivity index (χ1n) is 8.56. The summed E-state index contributed by atoms with van der Waals surface area (Å²) in [6, 6.07) is 12.5. The van der Waals surface area contributed by atoms with Crippen LogP contribution >= 0.6 is 11.6 Å². The fraction of sp³-hybridized carbons (Fsp3) is 0.200. The summed E-state index contributed by atoms with van der Waals surface area (Å²) < 4.78 is 10.4. The maximum Gasteiger partial charge on any atom is 0.312 e. The Morgan fingerprint density at radius 3 is 2.72 bits per heavy atom. The minimum atomic E-state index is -0.611. The molecule has 0 unspecified atom stereocenters. The number of carbonyl (C=O) groups excluding carboxylic acids is 1. The molecule has 8 nitrogen and oxygen atoms in total. The van der Waals surface area contributed by atoms with Gasteiger partial charge in [-0.05, 0) is 36.3 Å². The molecule has 29 heavy (non-hydrogen) atoms. The van der Waals surface area contributed by atoms with Gasteiger partial charge in [0.2, 0.25) is 5.75 Å². The molecule has 0 aromatic heterocycles. The SMILES string of the molecule is COCCCNC(=O)/C(C#N)=C\c1ccc(Oc2ccccc2Cl)c([N+](=O)[O-])c1. The number of para-hydroxylation sites is 1. The number of nitrogens with one attached hydrogen (secondary N) is 1. The molecule has 0 radical (unpaired) electrons. The van der Waals surface area contributed by atoms with E-state index in [0.717, 1.165) is 0 Å². The van der Waals surface area contributed by atoms with E-state index in [1.807, 2.05) is 0 Å². The van der Waals surface area contributed by atoms with Crippen LogP contribution in [0.3, 0.4) is 0 Å². The topological polar surface area (TPSA) is 114 Å². The molecule has 0 aliphatic rings. The molecule has 150 valence electrons. The third-order valence-electron chi connectivity index (χ3n) is 3.72. The summed E-state index contributed by atoms with van der Waals surface area (Å²) in [5.41, 5.74) is -0.181. The van der Waals surface area contributed by atoms with Crippen molar-refractivity contribution in [3.63, 3.8) is 0 Å². The highest BCUT2D eigenvalue weighted by Crippen LogP contribution is 2.35. The number of rotatable bonds is 9. The zero-order valence-corrected chi connectivity index (χ0v) is 16.3. The number of halogens is 1. The zero-order chi connectivity index (χ0) is 21.2. The van der Waals surface area contributed by atoms with Crippen LogP contribution in [0.4, 0.5) is 5.69 Å². The van der Waals surface area contributed by atoms with E-state index in [1.165, 1.54) is 24.3 Å². The molecule has 9 heteroatoms. The highest BCUT2D eigenvalue weighted by Gasteiger charge is 2.18. The van der Waals surface area contributed by atoms with Crippen LogP contribution in [0.25, 0.3) is 6.08 Å². The Labute approximate surface area is 172 Å². The molecule has 1 N–H and O–H groups in total. The molecule has 0 spiro atoms. The van der Waals surface area contributed by atoms with Crippen molar-refractivity contribution >= 4 is 29.3 Å². The first kappa shape index (κ1) is 21.9. The molecule has 0 bridgehead atoms. The van der Waals surface area contributed by atoms with Crippen LogP contribution < -0.4 is 10.1 Å². The lowest BCUT2D eigenvalue weighted by molar-refractivity contribution is -0.385. The second-order valence-electron chi connectivity index (χ2n) is 5.79. The summed E-state index contributed by atoms with van der Waals surface area (Å²) in [5.74, 6) is -0.306. The zero-order valence-electron chi connectivity index (χ0n) is 15.6. The number of hydrogen-bond donors (Lipinski definition) is 1. The van der Waals surface area contributed by atoms with Gasteiger partial charge in [-0.1, -0.05) is 29.8 Å². The van der Waals surface area contributed by atoms with Crippen molar-refractivity contribution in [1.29, 1.82) is 5.26 Å². The van der Waals surface area contributed by atoms with Crippen molar-refractivity contribution in [1.82, 2.24) is 5.32 Å². The predicted octanol–water partition coefficient (Wildman–Crippen LogP) is 4.10. The smallest absolute Gasteiger partial charge is 0.312 e. The molecule has 0 heterocycles. The van der Waals surface area contributed by atoms with E-state index in [4.69, 9.17) is 21.1 Å². The van der Waals surface area contributed by atoms with Gasteiger partial charge in [-0.15, -0.1) is 0 Å². The van der Waals surface area contributed by atoms with Gasteiger partial charge in [0, 0.05) is 26.3 Å². The number of nitro benzene ring substituents is 1. The number of amides is 1. The summed E-state index contributed by atoms with van der Waals surface area (Å²) in [6.45, 7) is 0.821. The number of nitriles is 1. The molecule has 0 aliphatic carbocycles. The van der Waals surface area contributed by atoms with Gasteiger partial charge >= 0.3 is 5.69 Å². The fourth-order valence-electron chi connectivity index (χ4n) is 2.33. The minimum absolute atomic E-state index is 0.0113. The molecule has 2 aromatic carbocycles. The van der Waals surface area contributed by atoms with E-state index in [9.17, 15) is 20.2 Å². The lowest BCUT2D eigenvalue weighted by Crippen LogP contribution is -2.26. The normalized spacial score (nSPS) is 10.9. The molecular weight excluding hydrogens is 398 g/mol. The van der Waals surface area contributed by atoms with Crippen molar-refractivity contribution in [2.75, 3.05) is 20.3 Å². The van der Waals surface area contributed by atoms with Gasteiger partial charge < -0.3 is 14.8 Å². The minimum Gasteiger partial charge on any atom is -0.449 e. The van der Waals surface area contributed by atoms with Gasteiger partial charge in [-0.25, -0.2) is 0 Å². The highest BCUT2D eigenvalue weighted by molar-refractivity contribution is 6.32.